The number of carbonyl (C=O) groups excluding carboxylic acids is 1. The van der Waals surface area contributed by atoms with Crippen molar-refractivity contribution in [2.75, 3.05) is 13.2 Å². The van der Waals surface area contributed by atoms with Gasteiger partial charge in [0.15, 0.2) is 0 Å². The van der Waals surface area contributed by atoms with Crippen LogP contribution in [0.25, 0.3) is 0 Å². The number of benzene rings is 1. The van der Waals surface area contributed by atoms with Crippen molar-refractivity contribution in [1.82, 2.24) is 5.32 Å². The van der Waals surface area contributed by atoms with Gasteiger partial charge >= 0.3 is 5.97 Å². The van der Waals surface area contributed by atoms with Crippen LogP contribution >= 0.6 is 0 Å². The van der Waals surface area contributed by atoms with E-state index in [-0.39, 0.29) is 12.0 Å². The van der Waals surface area contributed by atoms with Gasteiger partial charge in [0, 0.05) is 0 Å². The molecule has 6 nitrogen and oxygen atoms in total. The molecule has 0 fully saturated rings. The van der Waals surface area contributed by atoms with Crippen LogP contribution in [0.4, 0.5) is 0 Å². The molecule has 0 bridgehead atoms. The highest BCUT2D eigenvalue weighted by Gasteiger charge is 2.25. The van der Waals surface area contributed by atoms with Crippen LogP contribution in [0.1, 0.15) is 22.8 Å². The van der Waals surface area contributed by atoms with Crippen molar-refractivity contribution in [3.8, 4) is 0 Å². The number of nitrogens with one attached hydrogen (secondary N) is 1. The number of carboxylic acids is 1. The third-order valence-electron chi connectivity index (χ3n) is 2.74. The smallest absolute Gasteiger partial charge is 0.335 e. The Morgan fingerprint density at radius 1 is 1.21 bits per heavy atom. The van der Waals surface area contributed by atoms with E-state index in [0.717, 1.165) is 0 Å². The van der Waals surface area contributed by atoms with E-state index < -0.39 is 30.6 Å². The minimum atomic E-state index is -1.12. The molecule has 0 aliphatic carbocycles. The molecule has 0 saturated carbocycles. The lowest BCUT2D eigenvalue weighted by atomic mass is 10.0. The average Bonchev–Trinajstić information content (AvgIpc) is 2.38. The first kappa shape index (κ1) is 15.1. The van der Waals surface area contributed by atoms with Crippen LogP contribution in [-0.4, -0.2) is 45.9 Å². The Labute approximate surface area is 110 Å². The molecule has 1 rings (SSSR count). The van der Waals surface area contributed by atoms with Gasteiger partial charge < -0.3 is 20.6 Å². The summed E-state index contributed by atoms with van der Waals surface area (Å²) in [7, 11) is 0. The van der Waals surface area contributed by atoms with E-state index in [0.29, 0.717) is 5.56 Å². The van der Waals surface area contributed by atoms with Gasteiger partial charge in [0.05, 0.1) is 30.7 Å². The topological polar surface area (TPSA) is 107 Å². The normalized spacial score (nSPS) is 11.1. The van der Waals surface area contributed by atoms with Crippen LogP contribution in [-0.2, 0) is 11.2 Å². The first-order valence-electron chi connectivity index (χ1n) is 5.76. The first-order chi connectivity index (χ1) is 8.91. The molecule has 0 saturated heterocycles. The van der Waals surface area contributed by atoms with Crippen molar-refractivity contribution >= 4 is 11.9 Å². The summed E-state index contributed by atoms with van der Waals surface area (Å²) in [5.74, 6) is -1.56. The lowest BCUT2D eigenvalue weighted by Crippen LogP contribution is -2.52. The van der Waals surface area contributed by atoms with Crippen LogP contribution in [0.15, 0.2) is 24.3 Å². The van der Waals surface area contributed by atoms with Gasteiger partial charge in [-0.15, -0.1) is 0 Å². The van der Waals surface area contributed by atoms with Crippen LogP contribution < -0.4 is 5.32 Å². The van der Waals surface area contributed by atoms with Gasteiger partial charge in [-0.05, 0) is 18.6 Å². The standard InChI is InChI=1S/C13H17NO5/c1-13(7-15,8-16)14-11(17)6-9-4-2-3-5-10(9)12(18)19/h2-5,15-16H,6-8H2,1H3,(H,14,17)(H,18,19). The highest BCUT2D eigenvalue weighted by molar-refractivity contribution is 5.91. The zero-order valence-electron chi connectivity index (χ0n) is 10.6. The van der Waals surface area contributed by atoms with Gasteiger partial charge in [-0.1, -0.05) is 18.2 Å². The molecule has 0 spiro atoms. The lowest BCUT2D eigenvalue weighted by Gasteiger charge is -2.26. The molecule has 4 N–H and O–H groups in total. The van der Waals surface area contributed by atoms with Crippen molar-refractivity contribution in [2.45, 2.75) is 18.9 Å². The van der Waals surface area contributed by atoms with Crippen LogP contribution in [0.2, 0.25) is 0 Å². The summed E-state index contributed by atoms with van der Waals surface area (Å²) >= 11 is 0. The quantitative estimate of drug-likeness (QED) is 0.570. The Morgan fingerprint density at radius 2 is 1.79 bits per heavy atom. The van der Waals surface area contributed by atoms with Gasteiger partial charge in [0.25, 0.3) is 0 Å². The number of carboxylic acid groups (broad SMARTS) is 1. The third kappa shape index (κ3) is 4.04. The second kappa shape index (κ2) is 6.31. The predicted molar refractivity (Wildman–Crippen MR) is 67.8 cm³/mol. The van der Waals surface area contributed by atoms with Gasteiger partial charge in [-0.2, -0.15) is 0 Å². The molecule has 0 aromatic heterocycles. The molecule has 0 atom stereocenters. The van der Waals surface area contributed by atoms with Gasteiger partial charge in [0.2, 0.25) is 5.91 Å². The highest BCUT2D eigenvalue weighted by Crippen LogP contribution is 2.10. The van der Waals surface area contributed by atoms with Crippen molar-refractivity contribution in [3.05, 3.63) is 35.4 Å². The van der Waals surface area contributed by atoms with Crippen molar-refractivity contribution < 1.29 is 24.9 Å². The zero-order valence-corrected chi connectivity index (χ0v) is 10.6. The molecule has 1 aromatic carbocycles. The summed E-state index contributed by atoms with van der Waals surface area (Å²) in [6.07, 6.45) is -0.127. The fourth-order valence-electron chi connectivity index (χ4n) is 1.57. The van der Waals surface area contributed by atoms with E-state index in [9.17, 15) is 9.59 Å². The Hall–Kier alpha value is -1.92. The predicted octanol–water partition coefficient (Wildman–Crippen LogP) is -0.213. The summed E-state index contributed by atoms with van der Waals surface area (Å²) < 4.78 is 0. The SMILES string of the molecule is CC(CO)(CO)NC(=O)Cc1ccccc1C(=O)O. The minimum absolute atomic E-state index is 0.0624. The fourth-order valence-corrected chi connectivity index (χ4v) is 1.57. The molecule has 19 heavy (non-hydrogen) atoms. The second-order valence-corrected chi connectivity index (χ2v) is 4.56. The Morgan fingerprint density at radius 3 is 2.32 bits per heavy atom. The monoisotopic (exact) mass is 267 g/mol. The largest absolute Gasteiger partial charge is 0.478 e. The molecule has 0 radical (unpaired) electrons. The molecule has 0 aliphatic rings. The van der Waals surface area contributed by atoms with E-state index in [1.54, 1.807) is 18.2 Å². The maximum atomic E-state index is 11.8. The van der Waals surface area contributed by atoms with Crippen LogP contribution in [0.3, 0.4) is 0 Å². The lowest BCUT2D eigenvalue weighted by molar-refractivity contribution is -0.123. The average molecular weight is 267 g/mol. The van der Waals surface area contributed by atoms with E-state index in [4.69, 9.17) is 15.3 Å². The summed E-state index contributed by atoms with van der Waals surface area (Å²) in [6, 6.07) is 6.20. The molecule has 0 aliphatic heterocycles. The number of hydrogen-bond acceptors (Lipinski definition) is 4. The van der Waals surface area contributed by atoms with E-state index in [1.807, 2.05) is 0 Å². The van der Waals surface area contributed by atoms with E-state index in [2.05, 4.69) is 5.32 Å². The van der Waals surface area contributed by atoms with Crippen molar-refractivity contribution in [1.29, 1.82) is 0 Å². The Bertz CT molecular complexity index is 468. The summed E-state index contributed by atoms with van der Waals surface area (Å²) in [6.45, 7) is 0.680. The van der Waals surface area contributed by atoms with Crippen molar-refractivity contribution in [2.24, 2.45) is 0 Å². The number of carbonyl (C=O) groups is 2. The Kier molecular flexibility index (Phi) is 5.02. The van der Waals surface area contributed by atoms with Crippen LogP contribution in [0.5, 0.6) is 0 Å². The maximum absolute atomic E-state index is 11.8. The number of aliphatic hydroxyl groups excluding tert-OH is 2. The number of aliphatic hydroxyl groups is 2. The first-order valence-corrected chi connectivity index (χ1v) is 5.76. The summed E-state index contributed by atoms with van der Waals surface area (Å²) in [5.41, 5.74) is -0.673. The van der Waals surface area contributed by atoms with Gasteiger partial charge in [0.1, 0.15) is 0 Å². The minimum Gasteiger partial charge on any atom is -0.478 e. The summed E-state index contributed by atoms with van der Waals surface area (Å²) in [5, 5.41) is 29.6. The van der Waals surface area contributed by atoms with E-state index in [1.165, 1.54) is 13.0 Å². The van der Waals surface area contributed by atoms with Crippen molar-refractivity contribution in [3.63, 3.8) is 0 Å². The fraction of sp³-hybridized carbons (Fsp3) is 0.385. The molecule has 6 heteroatoms. The number of amides is 1. The molecular formula is C13H17NO5. The third-order valence-corrected chi connectivity index (χ3v) is 2.74. The molecule has 0 unspecified atom stereocenters. The number of aromatic carboxylic acids is 1. The van der Waals surface area contributed by atoms with Crippen LogP contribution in [0, 0.1) is 0 Å². The summed E-state index contributed by atoms with van der Waals surface area (Å²) in [4.78, 5) is 22.8. The van der Waals surface area contributed by atoms with Gasteiger partial charge in [-0.25, -0.2) is 4.79 Å². The zero-order chi connectivity index (χ0) is 14.5. The molecule has 1 aromatic rings. The molecule has 0 heterocycles. The maximum Gasteiger partial charge on any atom is 0.335 e. The second-order valence-electron chi connectivity index (χ2n) is 4.56. The molecular weight excluding hydrogens is 250 g/mol. The Balaban J connectivity index is 2.81. The molecule has 1 amide bonds. The number of hydrogen-bond donors (Lipinski definition) is 4. The van der Waals surface area contributed by atoms with E-state index >= 15 is 0 Å². The van der Waals surface area contributed by atoms with Gasteiger partial charge in [-0.3, -0.25) is 4.79 Å². The highest BCUT2D eigenvalue weighted by atomic mass is 16.4. The number of rotatable bonds is 6. The molecule has 104 valence electrons.